The maximum absolute atomic E-state index is 11.2. The lowest BCUT2D eigenvalue weighted by Crippen LogP contribution is -2.23. The molecule has 0 amide bonds. The molecule has 0 bridgehead atoms. The van der Waals surface area contributed by atoms with Crippen molar-refractivity contribution >= 4 is 11.4 Å². The number of hydrogen-bond acceptors (Lipinski definition) is 1. The van der Waals surface area contributed by atoms with E-state index in [0.29, 0.717) is 0 Å². The van der Waals surface area contributed by atoms with Gasteiger partial charge in [-0.1, -0.05) is 38.1 Å². The van der Waals surface area contributed by atoms with Gasteiger partial charge in [0.2, 0.25) is 0 Å². The SMILES string of the molecule is CC(=O)/C=C1/CCC(C)(C)c2ccccc21. The fourth-order valence-electron chi connectivity index (χ4n) is 2.47. The molecule has 0 aromatic heterocycles. The summed E-state index contributed by atoms with van der Waals surface area (Å²) in [6, 6.07) is 8.44. The van der Waals surface area contributed by atoms with E-state index >= 15 is 0 Å². The molecule has 0 heterocycles. The van der Waals surface area contributed by atoms with E-state index in [2.05, 4.69) is 32.0 Å². The molecule has 0 N–H and O–H groups in total. The van der Waals surface area contributed by atoms with E-state index < -0.39 is 0 Å². The van der Waals surface area contributed by atoms with Crippen LogP contribution in [0.5, 0.6) is 0 Å². The zero-order valence-electron chi connectivity index (χ0n) is 10.2. The van der Waals surface area contributed by atoms with Crippen LogP contribution in [0.4, 0.5) is 0 Å². The van der Waals surface area contributed by atoms with Crippen LogP contribution in [0.1, 0.15) is 44.7 Å². The molecule has 1 aliphatic rings. The van der Waals surface area contributed by atoms with Gasteiger partial charge in [0.25, 0.3) is 0 Å². The minimum atomic E-state index is 0.143. The first-order valence-corrected chi connectivity index (χ1v) is 5.82. The van der Waals surface area contributed by atoms with Crippen LogP contribution in [0.2, 0.25) is 0 Å². The Bertz CT molecular complexity index is 452. The Labute approximate surface area is 97.2 Å². The highest BCUT2D eigenvalue weighted by Crippen LogP contribution is 2.41. The largest absolute Gasteiger partial charge is 0.295 e. The summed E-state index contributed by atoms with van der Waals surface area (Å²) >= 11 is 0. The molecule has 0 saturated carbocycles. The molecule has 0 aliphatic heterocycles. The number of carbonyl (C=O) groups excluding carboxylic acids is 1. The average molecular weight is 214 g/mol. The summed E-state index contributed by atoms with van der Waals surface area (Å²) in [4.78, 5) is 11.2. The lowest BCUT2D eigenvalue weighted by Gasteiger charge is -2.33. The third-order valence-corrected chi connectivity index (χ3v) is 3.40. The molecule has 0 spiro atoms. The van der Waals surface area contributed by atoms with Crippen molar-refractivity contribution in [3.8, 4) is 0 Å². The number of hydrogen-bond donors (Lipinski definition) is 0. The Kier molecular flexibility index (Phi) is 2.71. The Morgan fingerprint density at radius 3 is 2.69 bits per heavy atom. The number of fused-ring (bicyclic) bond motifs is 1. The predicted octanol–water partition coefficient (Wildman–Crippen LogP) is 3.73. The number of rotatable bonds is 1. The fourth-order valence-corrected chi connectivity index (χ4v) is 2.47. The van der Waals surface area contributed by atoms with Crippen LogP contribution in [0, 0.1) is 0 Å². The van der Waals surface area contributed by atoms with Crippen molar-refractivity contribution < 1.29 is 4.79 Å². The smallest absolute Gasteiger partial charge is 0.152 e. The zero-order valence-corrected chi connectivity index (χ0v) is 10.2. The van der Waals surface area contributed by atoms with E-state index in [1.807, 2.05) is 6.07 Å². The minimum absolute atomic E-state index is 0.143. The average Bonchev–Trinajstić information content (AvgIpc) is 2.23. The van der Waals surface area contributed by atoms with Crippen LogP contribution in [0.25, 0.3) is 5.57 Å². The summed E-state index contributed by atoms with van der Waals surface area (Å²) in [7, 11) is 0. The Hall–Kier alpha value is -1.37. The van der Waals surface area contributed by atoms with Gasteiger partial charge in [-0.3, -0.25) is 4.79 Å². The molecule has 84 valence electrons. The van der Waals surface area contributed by atoms with E-state index in [-0.39, 0.29) is 11.2 Å². The van der Waals surface area contributed by atoms with E-state index in [9.17, 15) is 4.79 Å². The van der Waals surface area contributed by atoms with Crippen molar-refractivity contribution in [1.82, 2.24) is 0 Å². The van der Waals surface area contributed by atoms with Crippen LogP contribution in [-0.4, -0.2) is 5.78 Å². The third kappa shape index (κ3) is 1.95. The summed E-state index contributed by atoms with van der Waals surface area (Å²) in [5.41, 5.74) is 4.05. The highest BCUT2D eigenvalue weighted by molar-refractivity contribution is 5.95. The molecule has 2 rings (SSSR count). The van der Waals surface area contributed by atoms with Crippen molar-refractivity contribution in [2.75, 3.05) is 0 Å². The second-order valence-electron chi connectivity index (χ2n) is 5.21. The minimum Gasteiger partial charge on any atom is -0.295 e. The predicted molar refractivity (Wildman–Crippen MR) is 67.4 cm³/mol. The molecule has 0 fully saturated rings. The van der Waals surface area contributed by atoms with Crippen molar-refractivity contribution in [3.63, 3.8) is 0 Å². The van der Waals surface area contributed by atoms with Crippen molar-refractivity contribution in [2.45, 2.75) is 39.0 Å². The summed E-state index contributed by atoms with van der Waals surface area (Å²) in [6.45, 7) is 6.17. The molecular formula is C15H18O. The van der Waals surface area contributed by atoms with Crippen LogP contribution in [-0.2, 0) is 10.2 Å². The van der Waals surface area contributed by atoms with Gasteiger partial charge in [0, 0.05) is 0 Å². The van der Waals surface area contributed by atoms with E-state index in [0.717, 1.165) is 12.8 Å². The van der Waals surface area contributed by atoms with Crippen LogP contribution >= 0.6 is 0 Å². The van der Waals surface area contributed by atoms with Crippen molar-refractivity contribution in [3.05, 3.63) is 41.5 Å². The first kappa shape index (κ1) is 11.1. The zero-order chi connectivity index (χ0) is 11.8. The Balaban J connectivity index is 2.56. The normalized spacial score (nSPS) is 20.6. The second kappa shape index (κ2) is 3.89. The van der Waals surface area contributed by atoms with Crippen LogP contribution in [0.15, 0.2) is 30.3 Å². The lowest BCUT2D eigenvalue weighted by molar-refractivity contribution is -0.112. The van der Waals surface area contributed by atoms with Gasteiger partial charge in [0.1, 0.15) is 0 Å². The first-order valence-electron chi connectivity index (χ1n) is 5.82. The van der Waals surface area contributed by atoms with Gasteiger partial charge in [0.05, 0.1) is 0 Å². The van der Waals surface area contributed by atoms with Crippen molar-refractivity contribution in [2.24, 2.45) is 0 Å². The molecule has 1 nitrogen and oxygen atoms in total. The quantitative estimate of drug-likeness (QED) is 0.651. The molecule has 0 saturated heterocycles. The van der Waals surface area contributed by atoms with Crippen LogP contribution in [0.3, 0.4) is 0 Å². The van der Waals surface area contributed by atoms with E-state index in [4.69, 9.17) is 0 Å². The fraction of sp³-hybridized carbons (Fsp3) is 0.400. The van der Waals surface area contributed by atoms with Gasteiger partial charge < -0.3 is 0 Å². The second-order valence-corrected chi connectivity index (χ2v) is 5.21. The Morgan fingerprint density at radius 2 is 2.00 bits per heavy atom. The number of carbonyl (C=O) groups is 1. The maximum atomic E-state index is 11.2. The number of benzene rings is 1. The topological polar surface area (TPSA) is 17.1 Å². The van der Waals surface area contributed by atoms with Gasteiger partial charge in [0.15, 0.2) is 5.78 Å². The molecule has 16 heavy (non-hydrogen) atoms. The molecule has 1 aliphatic carbocycles. The maximum Gasteiger partial charge on any atom is 0.152 e. The molecule has 1 aromatic rings. The summed E-state index contributed by atoms with van der Waals surface area (Å²) in [6.07, 6.45) is 3.90. The number of ketones is 1. The van der Waals surface area contributed by atoms with Gasteiger partial charge in [-0.25, -0.2) is 0 Å². The van der Waals surface area contributed by atoms with E-state index in [1.165, 1.54) is 16.7 Å². The molecule has 0 unspecified atom stereocenters. The molecule has 0 atom stereocenters. The molecular weight excluding hydrogens is 196 g/mol. The first-order chi connectivity index (χ1) is 7.50. The number of allylic oxidation sites excluding steroid dienone is 2. The van der Waals surface area contributed by atoms with Crippen molar-refractivity contribution in [1.29, 1.82) is 0 Å². The highest BCUT2D eigenvalue weighted by Gasteiger charge is 2.29. The van der Waals surface area contributed by atoms with Gasteiger partial charge in [-0.15, -0.1) is 0 Å². The molecule has 1 aromatic carbocycles. The summed E-state index contributed by atoms with van der Waals surface area (Å²) in [5.74, 6) is 0.143. The molecule has 1 heteroatoms. The van der Waals surface area contributed by atoms with Gasteiger partial charge in [-0.05, 0) is 48.0 Å². The summed E-state index contributed by atoms with van der Waals surface area (Å²) in [5, 5.41) is 0. The van der Waals surface area contributed by atoms with E-state index in [1.54, 1.807) is 13.0 Å². The van der Waals surface area contributed by atoms with Crippen LogP contribution < -0.4 is 0 Å². The monoisotopic (exact) mass is 214 g/mol. The highest BCUT2D eigenvalue weighted by atomic mass is 16.1. The third-order valence-electron chi connectivity index (χ3n) is 3.40. The Morgan fingerprint density at radius 1 is 1.31 bits per heavy atom. The van der Waals surface area contributed by atoms with Gasteiger partial charge in [-0.2, -0.15) is 0 Å². The molecule has 0 radical (unpaired) electrons. The van der Waals surface area contributed by atoms with Gasteiger partial charge >= 0.3 is 0 Å². The lowest BCUT2D eigenvalue weighted by atomic mass is 9.71. The standard InChI is InChI=1S/C15H18O/c1-11(16)10-12-8-9-15(2,3)14-7-5-4-6-13(12)14/h4-7,10H,8-9H2,1-3H3/b12-10-. The summed E-state index contributed by atoms with van der Waals surface area (Å²) < 4.78 is 0.